The van der Waals surface area contributed by atoms with E-state index < -0.39 is 18.0 Å². The van der Waals surface area contributed by atoms with Crippen molar-refractivity contribution in [2.24, 2.45) is 5.41 Å². The highest BCUT2D eigenvalue weighted by Gasteiger charge is 2.68. The fourth-order valence-corrected chi connectivity index (χ4v) is 5.70. The van der Waals surface area contributed by atoms with Gasteiger partial charge in [0.1, 0.15) is 23.9 Å². The third-order valence-electron chi connectivity index (χ3n) is 6.91. The third kappa shape index (κ3) is 4.20. The maximum absolute atomic E-state index is 13.5. The largest absolute Gasteiger partial charge is 0.486 e. The van der Waals surface area contributed by atoms with E-state index >= 15 is 0 Å². The molecule has 6 rings (SSSR count). The lowest BCUT2D eigenvalue weighted by Crippen LogP contribution is -2.75. The number of hydrogen-bond acceptors (Lipinski definition) is 5. The number of carbonyl (C=O) groups excluding carboxylic acids is 2. The van der Waals surface area contributed by atoms with E-state index in [0.717, 1.165) is 30.9 Å². The number of carbonyl (C=O) groups is 2. The zero-order valence-electron chi connectivity index (χ0n) is 18.2. The van der Waals surface area contributed by atoms with Crippen molar-refractivity contribution in [1.29, 1.82) is 0 Å². The predicted octanol–water partition coefficient (Wildman–Crippen LogP) is 4.05. The molecular weight excluding hydrogens is 449 g/mol. The Morgan fingerprint density at radius 2 is 2.00 bits per heavy atom. The molecule has 0 spiro atoms. The minimum atomic E-state index is -0.741. The van der Waals surface area contributed by atoms with Gasteiger partial charge < -0.3 is 19.9 Å². The summed E-state index contributed by atoms with van der Waals surface area (Å²) in [6.45, 7) is 1.81. The van der Waals surface area contributed by atoms with Gasteiger partial charge >= 0.3 is 0 Å². The quantitative estimate of drug-likeness (QED) is 0.633. The number of halogens is 2. The number of rotatable bonds is 7. The average molecular weight is 474 g/mol. The smallest absolute Gasteiger partial charge is 0.261 e. The van der Waals surface area contributed by atoms with Crippen LogP contribution in [0.2, 0.25) is 5.02 Å². The minimum absolute atomic E-state index is 0.00216. The standard InChI is InChI=1S/C25H25ClFNO5/c1-14-2-5-21-17(6-14)20(30)8-22(33-21)23(31)28-25-11-24(12-25,13-25)9-15(29)10-32-16-3-4-18(26)19(27)7-16/h2-7,20,22,30H,8-13H2,1H3,(H,28,31)/t20-,22-,24?,25?/m0/s1. The summed E-state index contributed by atoms with van der Waals surface area (Å²) in [6.07, 6.45) is 1.30. The fourth-order valence-electron chi connectivity index (χ4n) is 5.59. The van der Waals surface area contributed by atoms with Gasteiger partial charge in [0.05, 0.1) is 11.1 Å². The van der Waals surface area contributed by atoms with E-state index in [9.17, 15) is 19.1 Å². The van der Waals surface area contributed by atoms with Gasteiger partial charge in [0.2, 0.25) is 0 Å². The van der Waals surface area contributed by atoms with Gasteiger partial charge in [0.25, 0.3) is 5.91 Å². The monoisotopic (exact) mass is 473 g/mol. The van der Waals surface area contributed by atoms with Crippen molar-refractivity contribution in [3.05, 3.63) is 58.4 Å². The Morgan fingerprint density at radius 3 is 2.73 bits per heavy atom. The molecule has 33 heavy (non-hydrogen) atoms. The lowest BCUT2D eigenvalue weighted by molar-refractivity contribution is -0.176. The molecule has 3 saturated carbocycles. The Morgan fingerprint density at radius 1 is 1.24 bits per heavy atom. The molecule has 4 aliphatic rings. The topological polar surface area (TPSA) is 84.9 Å². The average Bonchev–Trinajstić information content (AvgIpc) is 2.72. The molecule has 1 heterocycles. The Balaban J connectivity index is 1.10. The maximum atomic E-state index is 13.5. The summed E-state index contributed by atoms with van der Waals surface area (Å²) in [6, 6.07) is 9.62. The summed E-state index contributed by atoms with van der Waals surface area (Å²) in [7, 11) is 0. The number of benzene rings is 2. The van der Waals surface area contributed by atoms with Crippen molar-refractivity contribution >= 4 is 23.3 Å². The van der Waals surface area contributed by atoms with Gasteiger partial charge in [-0.3, -0.25) is 9.59 Å². The van der Waals surface area contributed by atoms with Crippen molar-refractivity contribution < 1.29 is 28.6 Å². The fraction of sp³-hybridized carbons (Fsp3) is 0.440. The van der Waals surface area contributed by atoms with Crippen LogP contribution in [0, 0.1) is 18.2 Å². The van der Waals surface area contributed by atoms with Gasteiger partial charge in [-0.15, -0.1) is 0 Å². The molecule has 8 heteroatoms. The second kappa shape index (κ2) is 7.99. The lowest BCUT2D eigenvalue weighted by Gasteiger charge is -2.70. The molecule has 2 aromatic rings. The number of aliphatic hydroxyl groups excluding tert-OH is 1. The van der Waals surface area contributed by atoms with E-state index in [-0.39, 0.29) is 46.4 Å². The Bertz CT molecular complexity index is 1120. The van der Waals surface area contributed by atoms with Gasteiger partial charge in [-0.05, 0) is 55.9 Å². The number of aliphatic hydroxyl groups is 1. The number of nitrogens with one attached hydrogen (secondary N) is 1. The molecule has 3 fully saturated rings. The molecule has 2 aromatic carbocycles. The Kier molecular flexibility index (Phi) is 5.37. The van der Waals surface area contributed by atoms with E-state index in [1.54, 1.807) is 6.07 Å². The van der Waals surface area contributed by atoms with Crippen molar-refractivity contribution in [3.8, 4) is 11.5 Å². The summed E-state index contributed by atoms with van der Waals surface area (Å²) in [5, 5.41) is 13.5. The number of aryl methyl sites for hydroxylation is 1. The predicted molar refractivity (Wildman–Crippen MR) is 119 cm³/mol. The van der Waals surface area contributed by atoms with E-state index in [1.165, 1.54) is 12.1 Å². The first kappa shape index (κ1) is 22.2. The molecule has 2 bridgehead atoms. The molecular formula is C25H25ClFNO5. The summed E-state index contributed by atoms with van der Waals surface area (Å²) in [5.74, 6) is -0.0758. The summed E-state index contributed by atoms with van der Waals surface area (Å²) >= 11 is 5.65. The van der Waals surface area contributed by atoms with E-state index in [0.29, 0.717) is 17.7 Å². The van der Waals surface area contributed by atoms with Crippen LogP contribution < -0.4 is 14.8 Å². The third-order valence-corrected chi connectivity index (χ3v) is 7.22. The highest BCUT2D eigenvalue weighted by atomic mass is 35.5. The van der Waals surface area contributed by atoms with Crippen molar-refractivity contribution in [1.82, 2.24) is 5.32 Å². The normalized spacial score (nSPS) is 29.1. The lowest BCUT2D eigenvalue weighted by atomic mass is 9.38. The number of ketones is 1. The first-order chi connectivity index (χ1) is 15.7. The first-order valence-corrected chi connectivity index (χ1v) is 11.4. The number of hydrogen-bond donors (Lipinski definition) is 2. The number of Topliss-reactive ketones (excluding diaryl/α,β-unsaturated/α-hetero) is 1. The number of fused-ring (bicyclic) bond motifs is 1. The van der Waals surface area contributed by atoms with Crippen LogP contribution in [0.25, 0.3) is 0 Å². The van der Waals surface area contributed by atoms with Crippen LogP contribution in [-0.4, -0.2) is 35.0 Å². The highest BCUT2D eigenvalue weighted by molar-refractivity contribution is 6.30. The van der Waals surface area contributed by atoms with E-state index in [2.05, 4.69) is 5.32 Å². The van der Waals surface area contributed by atoms with Gasteiger partial charge in [-0.1, -0.05) is 23.2 Å². The molecule has 0 unspecified atom stereocenters. The molecule has 1 aliphatic heterocycles. The van der Waals surface area contributed by atoms with Crippen LogP contribution >= 0.6 is 11.6 Å². The highest BCUT2D eigenvalue weighted by Crippen LogP contribution is 2.69. The Labute approximate surface area is 196 Å². The van der Waals surface area contributed by atoms with Gasteiger partial charge in [-0.2, -0.15) is 0 Å². The number of ether oxygens (including phenoxy) is 2. The van der Waals surface area contributed by atoms with E-state index in [1.807, 2.05) is 19.1 Å². The summed E-state index contributed by atoms with van der Waals surface area (Å²) < 4.78 is 24.7. The van der Waals surface area contributed by atoms with Gasteiger partial charge in [0, 0.05) is 30.0 Å². The molecule has 2 atom stereocenters. The molecule has 174 valence electrons. The van der Waals surface area contributed by atoms with Crippen molar-refractivity contribution in [3.63, 3.8) is 0 Å². The van der Waals surface area contributed by atoms with Crippen LogP contribution in [0.5, 0.6) is 11.5 Å². The minimum Gasteiger partial charge on any atom is -0.486 e. The van der Waals surface area contributed by atoms with Crippen molar-refractivity contribution in [2.75, 3.05) is 6.61 Å². The molecule has 0 radical (unpaired) electrons. The van der Waals surface area contributed by atoms with Crippen LogP contribution in [0.3, 0.4) is 0 Å². The Hall–Kier alpha value is -2.64. The molecule has 6 nitrogen and oxygen atoms in total. The maximum Gasteiger partial charge on any atom is 0.261 e. The summed E-state index contributed by atoms with van der Waals surface area (Å²) in [4.78, 5) is 25.2. The van der Waals surface area contributed by atoms with Crippen molar-refractivity contribution in [2.45, 2.75) is 56.8 Å². The second-order valence-electron chi connectivity index (χ2n) is 9.78. The van der Waals surface area contributed by atoms with Gasteiger partial charge in [-0.25, -0.2) is 4.39 Å². The first-order valence-electron chi connectivity index (χ1n) is 11.0. The van der Waals surface area contributed by atoms with Crippen LogP contribution in [0.1, 0.15) is 49.3 Å². The molecule has 3 aliphatic carbocycles. The zero-order chi connectivity index (χ0) is 23.4. The molecule has 0 saturated heterocycles. The zero-order valence-corrected chi connectivity index (χ0v) is 19.0. The van der Waals surface area contributed by atoms with E-state index in [4.69, 9.17) is 21.1 Å². The van der Waals surface area contributed by atoms with Crippen LogP contribution in [-0.2, 0) is 9.59 Å². The van der Waals surface area contributed by atoms with Crippen LogP contribution in [0.4, 0.5) is 4.39 Å². The SMILES string of the molecule is Cc1ccc2c(c1)[C@@H](O)C[C@@H](C(=O)NC13CC(CC(=O)COc4ccc(Cl)c(F)c4)(C1)C3)O2. The molecule has 2 N–H and O–H groups in total. The second-order valence-corrected chi connectivity index (χ2v) is 10.2. The number of amides is 1. The van der Waals surface area contributed by atoms with Crippen LogP contribution in [0.15, 0.2) is 36.4 Å². The molecule has 0 aromatic heterocycles. The summed E-state index contributed by atoms with van der Waals surface area (Å²) in [5.41, 5.74) is 1.35. The van der Waals surface area contributed by atoms with Gasteiger partial charge in [0.15, 0.2) is 11.9 Å². The molecule has 1 amide bonds.